The van der Waals surface area contributed by atoms with Crippen LogP contribution in [-0.4, -0.2) is 5.11 Å². The zero-order chi connectivity index (χ0) is 12.4. The Labute approximate surface area is 98.6 Å². The largest absolute Gasteiger partial charge is 0.508 e. The molecule has 1 N–H and O–H groups in total. The predicted octanol–water partition coefficient (Wildman–Crippen LogP) is 3.38. The minimum Gasteiger partial charge on any atom is -0.508 e. The van der Waals surface area contributed by atoms with E-state index in [1.165, 1.54) is 12.1 Å². The molecule has 0 bridgehead atoms. The fraction of sp³-hybridized carbons (Fsp3) is 0.0714. The van der Waals surface area contributed by atoms with Gasteiger partial charge in [-0.25, -0.2) is 4.39 Å². The molecule has 0 aliphatic rings. The number of aryl methyl sites for hydroxylation is 1. The Morgan fingerprint density at radius 1 is 1.24 bits per heavy atom. The number of nitriles is 1. The molecule has 17 heavy (non-hydrogen) atoms. The van der Waals surface area contributed by atoms with Crippen LogP contribution in [0.4, 0.5) is 4.39 Å². The molecule has 0 fully saturated rings. The lowest BCUT2D eigenvalue weighted by molar-refractivity contribution is 0.475. The van der Waals surface area contributed by atoms with Crippen LogP contribution in [0.3, 0.4) is 0 Å². The normalized spacial score (nSPS) is 9.94. The van der Waals surface area contributed by atoms with Gasteiger partial charge in [0.2, 0.25) is 0 Å². The van der Waals surface area contributed by atoms with E-state index >= 15 is 0 Å². The number of rotatable bonds is 1. The second-order valence-corrected chi connectivity index (χ2v) is 3.84. The predicted molar refractivity (Wildman–Crippen MR) is 63.0 cm³/mol. The van der Waals surface area contributed by atoms with Crippen LogP contribution in [-0.2, 0) is 0 Å². The van der Waals surface area contributed by atoms with Crippen LogP contribution in [0.5, 0.6) is 5.75 Å². The monoisotopic (exact) mass is 227 g/mol. The van der Waals surface area contributed by atoms with Gasteiger partial charge in [-0.3, -0.25) is 0 Å². The van der Waals surface area contributed by atoms with Crippen LogP contribution in [0.15, 0.2) is 36.4 Å². The maximum absolute atomic E-state index is 13.9. The summed E-state index contributed by atoms with van der Waals surface area (Å²) in [7, 11) is 0. The first-order chi connectivity index (χ1) is 8.11. The third-order valence-electron chi connectivity index (χ3n) is 2.49. The molecular weight excluding hydrogens is 217 g/mol. The molecule has 2 aromatic carbocycles. The molecule has 0 heterocycles. The highest BCUT2D eigenvalue weighted by Gasteiger charge is 2.10. The van der Waals surface area contributed by atoms with Gasteiger partial charge in [-0.2, -0.15) is 5.26 Å². The van der Waals surface area contributed by atoms with Gasteiger partial charge in [-0.05, 0) is 36.2 Å². The number of hydrogen-bond donors (Lipinski definition) is 1. The summed E-state index contributed by atoms with van der Waals surface area (Å²) in [5.41, 5.74) is 1.73. The van der Waals surface area contributed by atoms with Gasteiger partial charge in [0.25, 0.3) is 0 Å². The Morgan fingerprint density at radius 3 is 2.65 bits per heavy atom. The van der Waals surface area contributed by atoms with Crippen molar-refractivity contribution < 1.29 is 9.50 Å². The Kier molecular flexibility index (Phi) is 2.80. The molecule has 0 aliphatic carbocycles. The van der Waals surface area contributed by atoms with Crippen molar-refractivity contribution in [3.8, 4) is 22.9 Å². The number of hydrogen-bond acceptors (Lipinski definition) is 2. The molecule has 2 nitrogen and oxygen atoms in total. The van der Waals surface area contributed by atoms with Crippen LogP contribution in [0.1, 0.15) is 11.1 Å². The summed E-state index contributed by atoms with van der Waals surface area (Å²) in [6.45, 7) is 1.81. The molecule has 0 amide bonds. The topological polar surface area (TPSA) is 44.0 Å². The molecule has 0 spiro atoms. The van der Waals surface area contributed by atoms with E-state index in [4.69, 9.17) is 5.26 Å². The number of aromatic hydroxyl groups is 1. The third-order valence-corrected chi connectivity index (χ3v) is 2.49. The average molecular weight is 227 g/mol. The summed E-state index contributed by atoms with van der Waals surface area (Å²) in [5, 5.41) is 18.2. The highest BCUT2D eigenvalue weighted by molar-refractivity contribution is 5.68. The fourth-order valence-corrected chi connectivity index (χ4v) is 1.76. The number of benzene rings is 2. The molecule has 0 aliphatic heterocycles. The highest BCUT2D eigenvalue weighted by atomic mass is 19.1. The molecule has 3 heteroatoms. The van der Waals surface area contributed by atoms with Crippen molar-refractivity contribution in [1.82, 2.24) is 0 Å². The van der Waals surface area contributed by atoms with E-state index in [2.05, 4.69) is 0 Å². The molecule has 2 aromatic rings. The van der Waals surface area contributed by atoms with E-state index in [0.717, 1.165) is 5.56 Å². The molecule has 0 saturated heterocycles. The minimum absolute atomic E-state index is 0.00324. The van der Waals surface area contributed by atoms with Gasteiger partial charge in [0.15, 0.2) is 0 Å². The summed E-state index contributed by atoms with van der Waals surface area (Å²) in [4.78, 5) is 0. The van der Waals surface area contributed by atoms with Crippen LogP contribution in [0.2, 0.25) is 0 Å². The van der Waals surface area contributed by atoms with E-state index in [-0.39, 0.29) is 11.3 Å². The van der Waals surface area contributed by atoms with Crippen molar-refractivity contribution in [3.63, 3.8) is 0 Å². The Bertz CT molecular complexity index is 594. The zero-order valence-electron chi connectivity index (χ0n) is 9.24. The summed E-state index contributed by atoms with van der Waals surface area (Å²) in [5.74, 6) is -0.471. The molecule has 0 atom stereocenters. The van der Waals surface area contributed by atoms with Gasteiger partial charge < -0.3 is 5.11 Å². The van der Waals surface area contributed by atoms with E-state index in [1.807, 2.05) is 6.92 Å². The van der Waals surface area contributed by atoms with Crippen LogP contribution >= 0.6 is 0 Å². The molecule has 0 saturated carbocycles. The SMILES string of the molecule is Cc1cc(O)cc(-c2cccc(C#N)c2F)c1. The van der Waals surface area contributed by atoms with Crippen molar-refractivity contribution in [3.05, 3.63) is 53.3 Å². The lowest BCUT2D eigenvalue weighted by Gasteiger charge is -2.06. The number of halogens is 1. The second-order valence-electron chi connectivity index (χ2n) is 3.84. The van der Waals surface area contributed by atoms with Gasteiger partial charge in [0.05, 0.1) is 5.56 Å². The van der Waals surface area contributed by atoms with Gasteiger partial charge >= 0.3 is 0 Å². The summed E-state index contributed by atoms with van der Waals surface area (Å²) < 4.78 is 13.9. The number of phenolic OH excluding ortho intramolecular Hbond substituents is 1. The Hall–Kier alpha value is -2.34. The Balaban J connectivity index is 2.65. The number of phenols is 1. The second kappa shape index (κ2) is 4.26. The van der Waals surface area contributed by atoms with Crippen molar-refractivity contribution in [1.29, 1.82) is 5.26 Å². The molecule has 0 aromatic heterocycles. The smallest absolute Gasteiger partial charge is 0.148 e. The quantitative estimate of drug-likeness (QED) is 0.811. The molecular formula is C14H10FNO. The van der Waals surface area contributed by atoms with Crippen molar-refractivity contribution in [2.45, 2.75) is 6.92 Å². The van der Waals surface area contributed by atoms with E-state index in [0.29, 0.717) is 11.1 Å². The standard InChI is InChI=1S/C14H10FNO/c1-9-5-11(7-12(17)6-9)13-4-2-3-10(8-16)14(13)15/h2-7,17H,1H3. The molecule has 0 unspecified atom stereocenters. The Morgan fingerprint density at radius 2 is 2.00 bits per heavy atom. The lowest BCUT2D eigenvalue weighted by Crippen LogP contribution is -1.89. The first kappa shape index (κ1) is 11.2. The zero-order valence-corrected chi connectivity index (χ0v) is 9.24. The summed E-state index contributed by atoms with van der Waals surface area (Å²) in [6.07, 6.45) is 0. The first-order valence-corrected chi connectivity index (χ1v) is 5.11. The lowest BCUT2D eigenvalue weighted by atomic mass is 10.0. The average Bonchev–Trinajstić information content (AvgIpc) is 2.28. The van der Waals surface area contributed by atoms with Gasteiger partial charge in [0, 0.05) is 5.56 Å². The van der Waals surface area contributed by atoms with Crippen LogP contribution in [0, 0.1) is 24.1 Å². The maximum atomic E-state index is 13.9. The molecule has 2 rings (SSSR count). The van der Waals surface area contributed by atoms with E-state index in [9.17, 15) is 9.50 Å². The van der Waals surface area contributed by atoms with Crippen molar-refractivity contribution in [2.75, 3.05) is 0 Å². The third kappa shape index (κ3) is 2.11. The fourth-order valence-electron chi connectivity index (χ4n) is 1.76. The summed E-state index contributed by atoms with van der Waals surface area (Å²) >= 11 is 0. The first-order valence-electron chi connectivity index (χ1n) is 5.11. The maximum Gasteiger partial charge on any atom is 0.148 e. The highest BCUT2D eigenvalue weighted by Crippen LogP contribution is 2.28. The van der Waals surface area contributed by atoms with Gasteiger partial charge in [0.1, 0.15) is 17.6 Å². The van der Waals surface area contributed by atoms with Crippen molar-refractivity contribution >= 4 is 0 Å². The molecule has 84 valence electrons. The number of nitrogens with zero attached hydrogens (tertiary/aromatic N) is 1. The van der Waals surface area contributed by atoms with Crippen LogP contribution in [0.25, 0.3) is 11.1 Å². The van der Waals surface area contributed by atoms with Gasteiger partial charge in [-0.1, -0.05) is 18.2 Å². The molecule has 0 radical (unpaired) electrons. The minimum atomic E-state index is -0.556. The van der Waals surface area contributed by atoms with E-state index < -0.39 is 5.82 Å². The van der Waals surface area contributed by atoms with Crippen LogP contribution < -0.4 is 0 Å². The summed E-state index contributed by atoms with van der Waals surface area (Å²) in [6, 6.07) is 11.3. The van der Waals surface area contributed by atoms with Gasteiger partial charge in [-0.15, -0.1) is 0 Å². The van der Waals surface area contributed by atoms with Crippen molar-refractivity contribution in [2.24, 2.45) is 0 Å². The van der Waals surface area contributed by atoms with E-state index in [1.54, 1.807) is 30.3 Å².